The fourth-order valence-corrected chi connectivity index (χ4v) is 1.00. The van der Waals surface area contributed by atoms with Crippen LogP contribution in [0.2, 0.25) is 0 Å². The Morgan fingerprint density at radius 3 is 2.80 bits per heavy atom. The summed E-state index contributed by atoms with van der Waals surface area (Å²) < 4.78 is 13.0. The molecule has 4 heteroatoms. The molecule has 0 heterocycles. The number of carbonyl (C=O) groups excluding carboxylic acids is 1. The Morgan fingerprint density at radius 1 is 1.60 bits per heavy atom. The van der Waals surface area contributed by atoms with E-state index in [0.717, 1.165) is 11.6 Å². The van der Waals surface area contributed by atoms with Gasteiger partial charge < -0.3 is 11.1 Å². The zero-order valence-corrected chi connectivity index (χ0v) is 8.51. The Bertz CT molecular complexity index is 402. The Labute approximate surface area is 87.8 Å². The number of nitrogen functional groups attached to an aromatic ring is 1. The summed E-state index contributed by atoms with van der Waals surface area (Å²) in [5.74, 6) is -0.921. The average molecular weight is 208 g/mol. The number of halogens is 1. The maximum Gasteiger partial charge on any atom is 0.251 e. The lowest BCUT2D eigenvalue weighted by molar-refractivity contribution is 0.0956. The summed E-state index contributed by atoms with van der Waals surface area (Å²) in [7, 11) is 0. The van der Waals surface area contributed by atoms with Crippen molar-refractivity contribution in [1.82, 2.24) is 5.32 Å². The predicted octanol–water partition coefficient (Wildman–Crippen LogP) is 1.71. The first-order valence-corrected chi connectivity index (χ1v) is 4.48. The van der Waals surface area contributed by atoms with Crippen molar-refractivity contribution < 1.29 is 9.18 Å². The van der Waals surface area contributed by atoms with Crippen LogP contribution in [0, 0.1) is 5.82 Å². The van der Waals surface area contributed by atoms with Gasteiger partial charge in [0, 0.05) is 12.1 Å². The molecular formula is C11H13FN2O. The van der Waals surface area contributed by atoms with Gasteiger partial charge in [-0.25, -0.2) is 4.39 Å². The van der Waals surface area contributed by atoms with Gasteiger partial charge in [0.2, 0.25) is 0 Å². The van der Waals surface area contributed by atoms with Crippen LogP contribution in [-0.4, -0.2) is 12.5 Å². The fraction of sp³-hybridized carbons (Fsp3) is 0.182. The second-order valence-electron chi connectivity index (χ2n) is 3.38. The number of anilines is 1. The van der Waals surface area contributed by atoms with Crippen LogP contribution in [0.4, 0.5) is 10.1 Å². The van der Waals surface area contributed by atoms with Gasteiger partial charge in [0.1, 0.15) is 5.82 Å². The lowest BCUT2D eigenvalue weighted by Crippen LogP contribution is -2.24. The van der Waals surface area contributed by atoms with Crippen LogP contribution < -0.4 is 11.1 Å². The summed E-state index contributed by atoms with van der Waals surface area (Å²) in [4.78, 5) is 11.5. The molecule has 0 saturated heterocycles. The summed E-state index contributed by atoms with van der Waals surface area (Å²) in [6.07, 6.45) is 0. The van der Waals surface area contributed by atoms with Gasteiger partial charge in [0.15, 0.2) is 0 Å². The van der Waals surface area contributed by atoms with E-state index in [0.29, 0.717) is 6.54 Å². The fourth-order valence-electron chi connectivity index (χ4n) is 1.00. The molecule has 0 saturated carbocycles. The van der Waals surface area contributed by atoms with Crippen LogP contribution in [0.3, 0.4) is 0 Å². The van der Waals surface area contributed by atoms with Crippen LogP contribution in [-0.2, 0) is 0 Å². The molecule has 1 aromatic carbocycles. The van der Waals surface area contributed by atoms with E-state index in [4.69, 9.17) is 5.73 Å². The van der Waals surface area contributed by atoms with Crippen molar-refractivity contribution in [1.29, 1.82) is 0 Å². The molecule has 0 spiro atoms. The third-order valence-electron chi connectivity index (χ3n) is 1.81. The van der Waals surface area contributed by atoms with Gasteiger partial charge in [-0.15, -0.1) is 0 Å². The molecule has 0 bridgehead atoms. The molecule has 0 radical (unpaired) electrons. The number of rotatable bonds is 3. The Kier molecular flexibility index (Phi) is 3.44. The van der Waals surface area contributed by atoms with Gasteiger partial charge >= 0.3 is 0 Å². The highest BCUT2D eigenvalue weighted by Crippen LogP contribution is 2.11. The van der Waals surface area contributed by atoms with E-state index in [2.05, 4.69) is 11.9 Å². The summed E-state index contributed by atoms with van der Waals surface area (Å²) in [5.41, 5.74) is 6.41. The molecule has 15 heavy (non-hydrogen) atoms. The van der Waals surface area contributed by atoms with E-state index >= 15 is 0 Å². The lowest BCUT2D eigenvalue weighted by atomic mass is 10.2. The standard InChI is InChI=1S/C11H13FN2O/c1-7(2)6-14-11(15)8-3-4-10(13)9(12)5-8/h3-5H,1,6,13H2,2H3,(H,14,15). The van der Waals surface area contributed by atoms with Crippen molar-refractivity contribution in [2.75, 3.05) is 12.3 Å². The number of amides is 1. The van der Waals surface area contributed by atoms with Crippen LogP contribution >= 0.6 is 0 Å². The van der Waals surface area contributed by atoms with E-state index in [9.17, 15) is 9.18 Å². The minimum absolute atomic E-state index is 0.0338. The number of hydrogen-bond donors (Lipinski definition) is 2. The van der Waals surface area contributed by atoms with E-state index in [1.807, 2.05) is 0 Å². The summed E-state index contributed by atoms with van der Waals surface area (Å²) in [6.45, 7) is 5.82. The van der Waals surface area contributed by atoms with Crippen LogP contribution in [0.5, 0.6) is 0 Å². The molecule has 1 aromatic rings. The largest absolute Gasteiger partial charge is 0.396 e. The number of hydrogen-bond acceptors (Lipinski definition) is 2. The SMILES string of the molecule is C=C(C)CNC(=O)c1ccc(N)c(F)c1. The van der Waals surface area contributed by atoms with Crippen molar-refractivity contribution in [2.24, 2.45) is 0 Å². The quantitative estimate of drug-likeness (QED) is 0.587. The Hall–Kier alpha value is -1.84. The monoisotopic (exact) mass is 208 g/mol. The topological polar surface area (TPSA) is 55.1 Å². The average Bonchev–Trinajstić information content (AvgIpc) is 2.18. The molecule has 0 aliphatic rings. The summed E-state index contributed by atoms with van der Waals surface area (Å²) in [6, 6.07) is 3.96. The molecule has 0 atom stereocenters. The van der Waals surface area contributed by atoms with Gasteiger partial charge in [-0.1, -0.05) is 12.2 Å². The third kappa shape index (κ3) is 3.09. The molecule has 3 nitrogen and oxygen atoms in total. The molecule has 1 rings (SSSR count). The minimum atomic E-state index is -0.585. The van der Waals surface area contributed by atoms with Gasteiger partial charge in [-0.3, -0.25) is 4.79 Å². The van der Waals surface area contributed by atoms with Gasteiger partial charge in [-0.05, 0) is 25.1 Å². The summed E-state index contributed by atoms with van der Waals surface area (Å²) >= 11 is 0. The number of carbonyl (C=O) groups is 1. The normalized spacial score (nSPS) is 9.73. The second kappa shape index (κ2) is 4.59. The van der Waals surface area contributed by atoms with Crippen LogP contribution in [0.25, 0.3) is 0 Å². The van der Waals surface area contributed by atoms with Crippen molar-refractivity contribution in [3.05, 3.63) is 41.7 Å². The lowest BCUT2D eigenvalue weighted by Gasteiger charge is -2.05. The van der Waals surface area contributed by atoms with Crippen molar-refractivity contribution in [3.8, 4) is 0 Å². The van der Waals surface area contributed by atoms with Crippen LogP contribution in [0.15, 0.2) is 30.4 Å². The van der Waals surface area contributed by atoms with E-state index in [1.165, 1.54) is 12.1 Å². The third-order valence-corrected chi connectivity index (χ3v) is 1.81. The first kappa shape index (κ1) is 11.2. The number of benzene rings is 1. The minimum Gasteiger partial charge on any atom is -0.396 e. The first-order valence-electron chi connectivity index (χ1n) is 4.48. The molecular weight excluding hydrogens is 195 g/mol. The number of nitrogens with one attached hydrogen (secondary N) is 1. The first-order chi connectivity index (χ1) is 7.00. The molecule has 3 N–H and O–H groups in total. The molecule has 0 unspecified atom stereocenters. The second-order valence-corrected chi connectivity index (χ2v) is 3.38. The van der Waals surface area contributed by atoms with Crippen molar-refractivity contribution in [3.63, 3.8) is 0 Å². The van der Waals surface area contributed by atoms with Crippen molar-refractivity contribution in [2.45, 2.75) is 6.92 Å². The zero-order valence-electron chi connectivity index (χ0n) is 8.51. The highest BCUT2D eigenvalue weighted by atomic mass is 19.1. The van der Waals surface area contributed by atoms with Crippen LogP contribution in [0.1, 0.15) is 17.3 Å². The molecule has 0 aliphatic carbocycles. The maximum atomic E-state index is 13.0. The predicted molar refractivity (Wildman–Crippen MR) is 58.0 cm³/mol. The van der Waals surface area contributed by atoms with Gasteiger partial charge in [-0.2, -0.15) is 0 Å². The highest BCUT2D eigenvalue weighted by Gasteiger charge is 2.07. The molecule has 80 valence electrons. The molecule has 0 aromatic heterocycles. The van der Waals surface area contributed by atoms with E-state index in [-0.39, 0.29) is 17.2 Å². The molecule has 0 fully saturated rings. The smallest absolute Gasteiger partial charge is 0.251 e. The van der Waals surface area contributed by atoms with E-state index < -0.39 is 5.82 Å². The highest BCUT2D eigenvalue weighted by molar-refractivity contribution is 5.94. The number of nitrogens with two attached hydrogens (primary N) is 1. The Morgan fingerprint density at radius 2 is 2.27 bits per heavy atom. The summed E-state index contributed by atoms with van der Waals surface area (Å²) in [5, 5.41) is 2.60. The van der Waals surface area contributed by atoms with Crippen molar-refractivity contribution >= 4 is 11.6 Å². The van der Waals surface area contributed by atoms with Gasteiger partial charge in [0.05, 0.1) is 5.69 Å². The molecule has 0 aliphatic heterocycles. The Balaban J connectivity index is 2.74. The van der Waals surface area contributed by atoms with Gasteiger partial charge in [0.25, 0.3) is 5.91 Å². The molecule has 1 amide bonds. The zero-order chi connectivity index (χ0) is 11.4. The van der Waals surface area contributed by atoms with E-state index in [1.54, 1.807) is 6.92 Å². The maximum absolute atomic E-state index is 13.0.